The van der Waals surface area contributed by atoms with Crippen LogP contribution < -0.4 is 9.79 Å². The summed E-state index contributed by atoms with van der Waals surface area (Å²) in [5.41, 5.74) is 0. The van der Waals surface area contributed by atoms with Gasteiger partial charge in [-0.3, -0.25) is 4.79 Å². The van der Waals surface area contributed by atoms with Gasteiger partial charge in [-0.1, -0.05) is 0 Å². The highest BCUT2D eigenvalue weighted by atomic mass is 32.2. The summed E-state index contributed by atoms with van der Waals surface area (Å²) in [4.78, 5) is 23.9. The van der Waals surface area contributed by atoms with Gasteiger partial charge in [-0.2, -0.15) is 0 Å². The van der Waals surface area contributed by atoms with Gasteiger partial charge < -0.3 is 14.8 Å². The molecule has 10 heteroatoms. The molecular formula is C11H14N4O5S. The van der Waals surface area contributed by atoms with E-state index < -0.39 is 37.9 Å². The maximum absolute atomic E-state index is 12.6. The Hall–Kier alpha value is -1.97. The average Bonchev–Trinajstić information content (AvgIpc) is 2.81. The lowest BCUT2D eigenvalue weighted by molar-refractivity contribution is -0.732. The SMILES string of the molecule is C[n+]1ccn(C[C@@]2(C)[C@H](C(=O)[O-])N3C(=O)C[C@H]3S2(=O)=O)n1. The first-order chi connectivity index (χ1) is 9.68. The molecule has 0 N–H and O–H groups in total. The van der Waals surface area contributed by atoms with Crippen molar-refractivity contribution in [2.45, 2.75) is 36.1 Å². The largest absolute Gasteiger partial charge is 0.548 e. The van der Waals surface area contributed by atoms with Crippen molar-refractivity contribution in [3.8, 4) is 0 Å². The molecule has 1 amide bonds. The summed E-state index contributed by atoms with van der Waals surface area (Å²) in [7, 11) is -2.17. The first-order valence-corrected chi connectivity index (χ1v) is 7.88. The molecule has 0 unspecified atom stereocenters. The highest BCUT2D eigenvalue weighted by Crippen LogP contribution is 2.46. The molecule has 114 valence electrons. The lowest BCUT2D eigenvalue weighted by atomic mass is 9.96. The second kappa shape index (κ2) is 4.03. The van der Waals surface area contributed by atoms with E-state index in [9.17, 15) is 23.1 Å². The number of aryl methyl sites for hydroxylation is 1. The number of aromatic nitrogens is 3. The molecule has 1 aromatic rings. The van der Waals surface area contributed by atoms with E-state index in [1.54, 1.807) is 19.4 Å². The first kappa shape index (κ1) is 14.0. The van der Waals surface area contributed by atoms with Crippen LogP contribution in [0.2, 0.25) is 0 Å². The van der Waals surface area contributed by atoms with E-state index in [1.807, 2.05) is 0 Å². The fourth-order valence-electron chi connectivity index (χ4n) is 3.09. The van der Waals surface area contributed by atoms with Crippen molar-refractivity contribution in [1.29, 1.82) is 0 Å². The van der Waals surface area contributed by atoms with Gasteiger partial charge in [0, 0.05) is 0 Å². The average molecular weight is 314 g/mol. The molecule has 9 nitrogen and oxygen atoms in total. The number of hydrogen-bond donors (Lipinski definition) is 0. The Balaban J connectivity index is 2.08. The zero-order valence-electron chi connectivity index (χ0n) is 11.5. The van der Waals surface area contributed by atoms with E-state index in [0.29, 0.717) is 0 Å². The second-order valence-electron chi connectivity index (χ2n) is 5.60. The van der Waals surface area contributed by atoms with Crippen LogP contribution in [-0.2, 0) is 33.0 Å². The highest BCUT2D eigenvalue weighted by molar-refractivity contribution is 7.93. The monoisotopic (exact) mass is 314 g/mol. The van der Waals surface area contributed by atoms with E-state index in [4.69, 9.17) is 0 Å². The van der Waals surface area contributed by atoms with Crippen LogP contribution in [0.15, 0.2) is 12.4 Å². The van der Waals surface area contributed by atoms with Crippen molar-refractivity contribution in [3.05, 3.63) is 12.4 Å². The number of rotatable bonds is 3. The predicted molar refractivity (Wildman–Crippen MR) is 64.8 cm³/mol. The van der Waals surface area contributed by atoms with Crippen molar-refractivity contribution in [1.82, 2.24) is 14.8 Å². The fraction of sp³-hybridized carbons (Fsp3) is 0.636. The van der Waals surface area contributed by atoms with Crippen LogP contribution in [0.1, 0.15) is 13.3 Å². The minimum Gasteiger partial charge on any atom is -0.548 e. The van der Waals surface area contributed by atoms with E-state index in [0.717, 1.165) is 4.90 Å². The van der Waals surface area contributed by atoms with Gasteiger partial charge >= 0.3 is 0 Å². The van der Waals surface area contributed by atoms with Crippen LogP contribution in [0.25, 0.3) is 0 Å². The van der Waals surface area contributed by atoms with E-state index in [2.05, 4.69) is 5.21 Å². The maximum atomic E-state index is 12.6. The molecule has 2 aliphatic heterocycles. The number of carbonyl (C=O) groups excluding carboxylic acids is 2. The number of aliphatic carboxylic acids is 1. The van der Waals surface area contributed by atoms with E-state index in [-0.39, 0.29) is 13.0 Å². The molecular weight excluding hydrogens is 300 g/mol. The lowest BCUT2D eigenvalue weighted by Gasteiger charge is -2.38. The van der Waals surface area contributed by atoms with Crippen LogP contribution in [0.4, 0.5) is 0 Å². The predicted octanol–water partition coefficient (Wildman–Crippen LogP) is -3.43. The summed E-state index contributed by atoms with van der Waals surface area (Å²) in [5, 5.41) is 14.4. The van der Waals surface area contributed by atoms with Gasteiger partial charge in [0.05, 0.1) is 23.6 Å². The summed E-state index contributed by atoms with van der Waals surface area (Å²) in [6, 6.07) is -1.50. The number of carbonyl (C=O) groups is 2. The maximum Gasteiger partial charge on any atom is 0.227 e. The molecule has 2 fully saturated rings. The molecule has 1 aromatic heterocycles. The number of hydrogen-bond acceptors (Lipinski definition) is 6. The van der Waals surface area contributed by atoms with Crippen molar-refractivity contribution < 1.29 is 27.8 Å². The molecule has 0 radical (unpaired) electrons. The molecule has 0 aromatic carbocycles. The second-order valence-corrected chi connectivity index (χ2v) is 8.16. The number of sulfone groups is 1. The number of β-lactam (4-membered cyclic amide) rings is 1. The summed E-state index contributed by atoms with van der Waals surface area (Å²) >= 11 is 0. The zero-order valence-corrected chi connectivity index (χ0v) is 12.3. The lowest BCUT2D eigenvalue weighted by Crippen LogP contribution is -2.61. The molecule has 0 aliphatic carbocycles. The first-order valence-electron chi connectivity index (χ1n) is 6.33. The molecule has 0 bridgehead atoms. The molecule has 0 saturated carbocycles. The number of carboxylic acids is 1. The van der Waals surface area contributed by atoms with Gasteiger partial charge in [0.15, 0.2) is 22.2 Å². The Morgan fingerprint density at radius 2 is 2.29 bits per heavy atom. The Kier molecular flexibility index (Phi) is 2.68. The third kappa shape index (κ3) is 1.65. The smallest absolute Gasteiger partial charge is 0.227 e. The standard InChI is InChI=1S/C11H14N4O5S/c1-11(6-14-4-3-13(2)12-14)9(10(17)18)15-7(16)5-8(15)21(11,19)20/h3-4,8-9H,5-6H2,1-2H3/t8-,9+,11+/m1/s1. The molecule has 3 rings (SSSR count). The van der Waals surface area contributed by atoms with Crippen molar-refractivity contribution >= 4 is 21.7 Å². The summed E-state index contributed by atoms with van der Waals surface area (Å²) in [6.45, 7) is 1.17. The Labute approximate surface area is 120 Å². The van der Waals surface area contributed by atoms with Crippen LogP contribution in [0.3, 0.4) is 0 Å². The third-order valence-corrected chi connectivity index (χ3v) is 6.98. The normalized spacial score (nSPS) is 33.6. The van der Waals surface area contributed by atoms with E-state index in [1.165, 1.54) is 16.3 Å². The number of carboxylic acid groups (broad SMARTS) is 1. The molecule has 0 spiro atoms. The number of fused-ring (bicyclic) bond motifs is 1. The minimum absolute atomic E-state index is 0.158. The van der Waals surface area contributed by atoms with Crippen molar-refractivity contribution in [2.75, 3.05) is 0 Å². The zero-order chi connectivity index (χ0) is 15.6. The number of nitrogens with zero attached hydrogens (tertiary/aromatic N) is 4. The number of amides is 1. The molecule has 3 atom stereocenters. The van der Waals surface area contributed by atoms with Gasteiger partial charge in [0.1, 0.15) is 23.7 Å². The molecule has 2 saturated heterocycles. The summed E-state index contributed by atoms with van der Waals surface area (Å²) < 4.78 is 26.4. The van der Waals surface area contributed by atoms with Gasteiger partial charge in [-0.25, -0.2) is 8.42 Å². The molecule has 21 heavy (non-hydrogen) atoms. The Bertz CT molecular complexity index is 742. The van der Waals surface area contributed by atoms with Crippen LogP contribution >= 0.6 is 0 Å². The van der Waals surface area contributed by atoms with Gasteiger partial charge in [0.25, 0.3) is 0 Å². The summed E-state index contributed by atoms with van der Waals surface area (Å²) in [5.74, 6) is -2.04. The van der Waals surface area contributed by atoms with Crippen LogP contribution in [0.5, 0.6) is 0 Å². The van der Waals surface area contributed by atoms with Crippen LogP contribution in [0, 0.1) is 0 Å². The van der Waals surface area contributed by atoms with E-state index >= 15 is 0 Å². The third-order valence-electron chi connectivity index (χ3n) is 4.22. The van der Waals surface area contributed by atoms with Crippen molar-refractivity contribution in [3.63, 3.8) is 0 Å². The topological polar surface area (TPSA) is 116 Å². The molecule has 3 heterocycles. The Morgan fingerprint density at radius 1 is 1.62 bits per heavy atom. The highest BCUT2D eigenvalue weighted by Gasteiger charge is 2.68. The van der Waals surface area contributed by atoms with Gasteiger partial charge in [-0.15, -0.1) is 9.36 Å². The van der Waals surface area contributed by atoms with Crippen LogP contribution in [-0.4, -0.2) is 51.3 Å². The quantitative estimate of drug-likeness (QED) is 0.423. The fourth-order valence-corrected chi connectivity index (χ4v) is 5.45. The summed E-state index contributed by atoms with van der Waals surface area (Å²) in [6.07, 6.45) is 2.98. The molecule has 2 aliphatic rings. The van der Waals surface area contributed by atoms with Gasteiger partial charge in [0.2, 0.25) is 5.91 Å². The minimum atomic E-state index is -3.83. The Morgan fingerprint density at radius 3 is 2.76 bits per heavy atom. The van der Waals surface area contributed by atoms with Crippen molar-refractivity contribution in [2.24, 2.45) is 7.05 Å². The van der Waals surface area contributed by atoms with Gasteiger partial charge in [-0.05, 0) is 6.92 Å².